The van der Waals surface area contributed by atoms with Crippen LogP contribution >= 0.6 is 30.9 Å². The van der Waals surface area contributed by atoms with Gasteiger partial charge in [-0.15, -0.1) is 23.2 Å². The van der Waals surface area contributed by atoms with E-state index in [0.717, 1.165) is 0 Å². The van der Waals surface area contributed by atoms with Gasteiger partial charge in [0.15, 0.2) is 0 Å². The van der Waals surface area contributed by atoms with E-state index in [0.29, 0.717) is 0 Å². The summed E-state index contributed by atoms with van der Waals surface area (Å²) < 4.78 is 17.5. The number of rotatable bonds is 8. The summed E-state index contributed by atoms with van der Waals surface area (Å²) in [6.45, 7) is 0.744. The van der Waals surface area contributed by atoms with E-state index in [4.69, 9.17) is 33.5 Å². The normalized spacial score (nSPS) is 15.8. The molecular weight excluding hydrogens is 250 g/mol. The fraction of sp³-hybridized carbons (Fsp3) is 1.00. The second kappa shape index (κ2) is 7.88. The van der Waals surface area contributed by atoms with Gasteiger partial charge in [0.05, 0.1) is 6.61 Å². The van der Waals surface area contributed by atoms with E-state index >= 15 is 0 Å². The van der Waals surface area contributed by atoms with Crippen LogP contribution in [0, 0.1) is 0 Å². The molecule has 0 aromatic carbocycles. The zero-order valence-electron chi connectivity index (χ0n) is 7.73. The first-order chi connectivity index (χ1) is 6.58. The third-order valence-electron chi connectivity index (χ3n) is 1.42. The first-order valence-electron chi connectivity index (χ1n) is 4.13. The van der Waals surface area contributed by atoms with Crippen molar-refractivity contribution in [3.8, 4) is 0 Å². The lowest BCUT2D eigenvalue weighted by Gasteiger charge is -2.24. The number of hydrogen-bond donors (Lipinski definition) is 2. The van der Waals surface area contributed by atoms with Gasteiger partial charge in [-0.2, -0.15) is 0 Å². The number of hydrogen-bond acceptors (Lipinski definition) is 3. The molecule has 0 radical (unpaired) electrons. The van der Waals surface area contributed by atoms with Gasteiger partial charge in [-0.05, 0) is 0 Å². The van der Waals surface area contributed by atoms with E-state index in [-0.39, 0.29) is 38.0 Å². The Hall–Kier alpha value is 0.650. The van der Waals surface area contributed by atoms with Crippen molar-refractivity contribution in [2.75, 3.05) is 38.0 Å². The topological polar surface area (TPSA) is 75.8 Å². The first kappa shape index (κ1) is 14.6. The Morgan fingerprint density at radius 1 is 1.36 bits per heavy atom. The molecule has 0 aliphatic heterocycles. The van der Waals surface area contributed by atoms with Gasteiger partial charge < -0.3 is 10.6 Å². The summed E-state index contributed by atoms with van der Waals surface area (Å²) in [7, 11) is -3.77. The van der Waals surface area contributed by atoms with Crippen LogP contribution in [0.25, 0.3) is 0 Å². The molecule has 0 aromatic rings. The van der Waals surface area contributed by atoms with Crippen LogP contribution in [0.3, 0.4) is 0 Å². The Kier molecular flexibility index (Phi) is 8.25. The van der Waals surface area contributed by atoms with Crippen LogP contribution in [0.5, 0.6) is 0 Å². The maximum Gasteiger partial charge on any atom is 0.405 e. The molecule has 0 heterocycles. The van der Waals surface area contributed by atoms with Crippen molar-refractivity contribution >= 4 is 30.9 Å². The molecule has 86 valence electrons. The predicted molar refractivity (Wildman–Crippen MR) is 57.8 cm³/mol. The van der Waals surface area contributed by atoms with E-state index in [1.807, 2.05) is 0 Å². The fourth-order valence-corrected chi connectivity index (χ4v) is 2.67. The summed E-state index contributed by atoms with van der Waals surface area (Å²) >= 11 is 10.9. The zero-order chi connectivity index (χ0) is 11.0. The largest absolute Gasteiger partial charge is 0.405 e. The van der Waals surface area contributed by atoms with Crippen molar-refractivity contribution < 1.29 is 14.0 Å². The van der Waals surface area contributed by atoms with E-state index in [1.165, 1.54) is 4.67 Å². The minimum atomic E-state index is -3.77. The number of alkyl halides is 2. The molecule has 0 saturated heterocycles. The third kappa shape index (κ3) is 5.51. The summed E-state index contributed by atoms with van der Waals surface area (Å²) in [4.78, 5) is 9.45. The van der Waals surface area contributed by atoms with Crippen molar-refractivity contribution in [2.45, 2.75) is 0 Å². The monoisotopic (exact) mass is 264 g/mol. The molecule has 8 heteroatoms. The van der Waals surface area contributed by atoms with Gasteiger partial charge >= 0.3 is 7.75 Å². The molecule has 0 amide bonds. The van der Waals surface area contributed by atoms with Gasteiger partial charge in [0.25, 0.3) is 0 Å². The van der Waals surface area contributed by atoms with Gasteiger partial charge in [-0.3, -0.25) is 4.52 Å². The molecule has 1 atom stereocenters. The summed E-state index contributed by atoms with van der Waals surface area (Å²) in [6.07, 6.45) is 0. The summed E-state index contributed by atoms with van der Waals surface area (Å²) in [6, 6.07) is 0. The zero-order valence-corrected chi connectivity index (χ0v) is 10.1. The molecule has 3 N–H and O–H groups in total. The standard InChI is InChI=1S/C6H15Cl2N2O3P/c7-1-4-10(5-2-8)14(11,12)13-6-3-9/h1-6,9H2,(H,11,12). The molecule has 1 unspecified atom stereocenters. The lowest BCUT2D eigenvalue weighted by Crippen LogP contribution is -2.26. The summed E-state index contributed by atoms with van der Waals surface area (Å²) in [5.41, 5.74) is 5.16. The van der Waals surface area contributed by atoms with Gasteiger partial charge in [0, 0.05) is 31.4 Å². The van der Waals surface area contributed by atoms with Crippen LogP contribution < -0.4 is 5.73 Å². The second-order valence-electron chi connectivity index (χ2n) is 2.44. The molecule has 14 heavy (non-hydrogen) atoms. The van der Waals surface area contributed by atoms with E-state index in [1.54, 1.807) is 0 Å². The maximum absolute atomic E-state index is 11.5. The van der Waals surface area contributed by atoms with E-state index < -0.39 is 7.75 Å². The SMILES string of the molecule is NCCOP(=O)(O)N(CCCl)CCCl. The molecule has 0 bridgehead atoms. The Labute approximate surface area is 93.7 Å². The van der Waals surface area contributed by atoms with Crippen LogP contribution in [0.1, 0.15) is 0 Å². The van der Waals surface area contributed by atoms with Crippen molar-refractivity contribution in [1.82, 2.24) is 4.67 Å². The van der Waals surface area contributed by atoms with Crippen LogP contribution in [-0.4, -0.2) is 47.6 Å². The Morgan fingerprint density at radius 2 is 1.86 bits per heavy atom. The third-order valence-corrected chi connectivity index (χ3v) is 3.39. The van der Waals surface area contributed by atoms with E-state index in [2.05, 4.69) is 0 Å². The first-order valence-corrected chi connectivity index (χ1v) is 6.73. The highest BCUT2D eigenvalue weighted by Gasteiger charge is 2.28. The van der Waals surface area contributed by atoms with Gasteiger partial charge in [-0.1, -0.05) is 0 Å². The molecule has 0 aliphatic carbocycles. The number of halogens is 2. The fourth-order valence-electron chi connectivity index (χ4n) is 0.813. The Morgan fingerprint density at radius 3 is 2.21 bits per heavy atom. The predicted octanol–water partition coefficient (Wildman–Crippen LogP) is 0.842. The summed E-state index contributed by atoms with van der Waals surface area (Å²) in [5.74, 6) is 0.487. The highest BCUT2D eigenvalue weighted by Crippen LogP contribution is 2.45. The Bertz CT molecular complexity index is 190. The number of nitrogens with zero attached hydrogens (tertiary/aromatic N) is 1. The van der Waals surface area contributed by atoms with Crippen molar-refractivity contribution in [2.24, 2.45) is 5.73 Å². The lowest BCUT2D eigenvalue weighted by molar-refractivity contribution is 0.212. The van der Waals surface area contributed by atoms with Crippen molar-refractivity contribution in [1.29, 1.82) is 0 Å². The van der Waals surface area contributed by atoms with Crippen LogP contribution in [0.15, 0.2) is 0 Å². The molecule has 0 rings (SSSR count). The lowest BCUT2D eigenvalue weighted by atomic mass is 10.6. The van der Waals surface area contributed by atoms with Crippen LogP contribution in [0.4, 0.5) is 0 Å². The average molecular weight is 265 g/mol. The molecule has 0 spiro atoms. The molecular formula is C6H15Cl2N2O3P. The van der Waals surface area contributed by atoms with Crippen molar-refractivity contribution in [3.05, 3.63) is 0 Å². The van der Waals surface area contributed by atoms with Crippen LogP contribution in [0.2, 0.25) is 0 Å². The van der Waals surface area contributed by atoms with Gasteiger partial charge in [0.2, 0.25) is 0 Å². The molecule has 0 saturated carbocycles. The van der Waals surface area contributed by atoms with E-state index in [9.17, 15) is 9.46 Å². The van der Waals surface area contributed by atoms with Gasteiger partial charge in [0.1, 0.15) is 0 Å². The highest BCUT2D eigenvalue weighted by molar-refractivity contribution is 7.50. The smallest absolute Gasteiger partial charge is 0.328 e. The summed E-state index contributed by atoms with van der Waals surface area (Å²) in [5, 5.41) is 0. The molecule has 0 aromatic heterocycles. The molecule has 5 nitrogen and oxygen atoms in total. The van der Waals surface area contributed by atoms with Crippen molar-refractivity contribution in [3.63, 3.8) is 0 Å². The average Bonchev–Trinajstić information content (AvgIpc) is 2.14. The Balaban J connectivity index is 4.21. The van der Waals surface area contributed by atoms with Gasteiger partial charge in [-0.25, -0.2) is 9.24 Å². The molecule has 0 fully saturated rings. The number of nitrogens with two attached hydrogens (primary N) is 1. The van der Waals surface area contributed by atoms with Crippen LogP contribution in [-0.2, 0) is 9.09 Å². The maximum atomic E-state index is 11.5. The quantitative estimate of drug-likeness (QED) is 0.502. The highest BCUT2D eigenvalue weighted by atomic mass is 35.5. The second-order valence-corrected chi connectivity index (χ2v) is 5.01. The molecule has 0 aliphatic rings. The minimum Gasteiger partial charge on any atom is -0.328 e. The minimum absolute atomic E-state index is 0.0366.